The molecule has 2 aromatic heterocycles. The van der Waals surface area contributed by atoms with E-state index < -0.39 is 0 Å². The third-order valence-electron chi connectivity index (χ3n) is 5.30. The van der Waals surface area contributed by atoms with Crippen molar-refractivity contribution < 1.29 is 9.53 Å². The molecule has 0 bridgehead atoms. The molecule has 0 saturated carbocycles. The monoisotopic (exact) mass is 338 g/mol. The smallest absolute Gasteiger partial charge is 0.228 e. The molecule has 25 heavy (non-hydrogen) atoms. The lowest BCUT2D eigenvalue weighted by atomic mass is 9.77. The first-order valence-corrected chi connectivity index (χ1v) is 8.71. The molecular formula is C19H22N4O2. The van der Waals surface area contributed by atoms with Crippen LogP contribution in [0.2, 0.25) is 0 Å². The predicted molar refractivity (Wildman–Crippen MR) is 92.8 cm³/mol. The average molecular weight is 338 g/mol. The Hall–Kier alpha value is -2.47. The third kappa shape index (κ3) is 3.22. The van der Waals surface area contributed by atoms with Gasteiger partial charge in [-0.1, -0.05) is 12.1 Å². The van der Waals surface area contributed by atoms with Crippen LogP contribution in [0, 0.1) is 11.3 Å². The van der Waals surface area contributed by atoms with E-state index >= 15 is 0 Å². The van der Waals surface area contributed by atoms with Gasteiger partial charge in [-0.3, -0.25) is 14.7 Å². The van der Waals surface area contributed by atoms with Gasteiger partial charge >= 0.3 is 0 Å². The molecule has 2 fully saturated rings. The Morgan fingerprint density at radius 3 is 2.80 bits per heavy atom. The molecule has 130 valence electrons. The summed E-state index contributed by atoms with van der Waals surface area (Å²) in [7, 11) is 0. The van der Waals surface area contributed by atoms with E-state index in [1.807, 2.05) is 42.6 Å². The quantitative estimate of drug-likeness (QED) is 0.895. The van der Waals surface area contributed by atoms with Gasteiger partial charge in [0.05, 0.1) is 17.7 Å². The normalized spacial score (nSPS) is 26.1. The third-order valence-corrected chi connectivity index (χ3v) is 5.30. The molecule has 2 atom stereocenters. The van der Waals surface area contributed by atoms with E-state index in [1.165, 1.54) is 0 Å². The zero-order valence-electron chi connectivity index (χ0n) is 14.1. The number of nitrogens with one attached hydrogen (secondary N) is 1. The minimum absolute atomic E-state index is 0.158. The molecule has 1 spiro atoms. The number of carbonyl (C=O) groups excluding carboxylic acids is 1. The predicted octanol–water partition coefficient (Wildman–Crippen LogP) is 1.49. The number of hydrogen-bond donors (Lipinski definition) is 1. The maximum Gasteiger partial charge on any atom is 0.228 e. The summed E-state index contributed by atoms with van der Waals surface area (Å²) in [6.45, 7) is 3.62. The topological polar surface area (TPSA) is 67.3 Å². The van der Waals surface area contributed by atoms with Crippen molar-refractivity contribution in [1.82, 2.24) is 20.2 Å². The van der Waals surface area contributed by atoms with Crippen molar-refractivity contribution in [3.63, 3.8) is 0 Å². The average Bonchev–Trinajstić information content (AvgIpc) is 3.20. The minimum Gasteiger partial charge on any atom is -0.477 e. The largest absolute Gasteiger partial charge is 0.477 e. The number of ether oxygens (including phenoxy) is 1. The summed E-state index contributed by atoms with van der Waals surface area (Å²) in [6.07, 6.45) is 4.39. The zero-order chi connectivity index (χ0) is 17.1. The van der Waals surface area contributed by atoms with Gasteiger partial charge < -0.3 is 10.1 Å². The zero-order valence-corrected chi connectivity index (χ0v) is 14.1. The van der Waals surface area contributed by atoms with Crippen molar-refractivity contribution in [1.29, 1.82) is 0 Å². The summed E-state index contributed by atoms with van der Waals surface area (Å²) in [5.41, 5.74) is 0.683. The molecule has 0 radical (unpaired) electrons. The Bertz CT molecular complexity index is 725. The van der Waals surface area contributed by atoms with E-state index in [9.17, 15) is 4.79 Å². The highest BCUT2D eigenvalue weighted by Crippen LogP contribution is 2.42. The highest BCUT2D eigenvalue weighted by Gasteiger charge is 2.54. The summed E-state index contributed by atoms with van der Waals surface area (Å²) in [4.78, 5) is 23.5. The first kappa shape index (κ1) is 16.0. The number of rotatable bonds is 5. The fraction of sp³-hybridized carbons (Fsp3) is 0.421. The number of likely N-dealkylation sites (tertiary alicyclic amines) is 1. The highest BCUT2D eigenvalue weighted by molar-refractivity contribution is 5.86. The van der Waals surface area contributed by atoms with Gasteiger partial charge in [-0.15, -0.1) is 0 Å². The second-order valence-corrected chi connectivity index (χ2v) is 6.82. The summed E-state index contributed by atoms with van der Waals surface area (Å²) in [6, 6.07) is 11.6. The Kier molecular flexibility index (Phi) is 4.36. The van der Waals surface area contributed by atoms with Crippen LogP contribution in [0.5, 0.6) is 5.88 Å². The molecule has 2 aliphatic rings. The maximum atomic E-state index is 12.6. The van der Waals surface area contributed by atoms with Crippen LogP contribution in [0.1, 0.15) is 12.1 Å². The Labute approximate surface area is 147 Å². The van der Waals surface area contributed by atoms with Gasteiger partial charge in [0, 0.05) is 44.0 Å². The second-order valence-electron chi connectivity index (χ2n) is 6.82. The molecule has 2 aromatic rings. The van der Waals surface area contributed by atoms with Crippen molar-refractivity contribution in [2.75, 3.05) is 26.2 Å². The van der Waals surface area contributed by atoms with Crippen LogP contribution in [0.25, 0.3) is 0 Å². The number of amides is 1. The number of carbonyl (C=O) groups is 1. The van der Waals surface area contributed by atoms with E-state index in [0.29, 0.717) is 19.0 Å². The summed E-state index contributed by atoms with van der Waals surface area (Å²) >= 11 is 0. The number of aromatic nitrogens is 2. The van der Waals surface area contributed by atoms with Gasteiger partial charge in [0.15, 0.2) is 0 Å². The molecular weight excluding hydrogens is 316 g/mol. The van der Waals surface area contributed by atoms with Gasteiger partial charge in [0.1, 0.15) is 0 Å². The number of nitrogens with zero attached hydrogens (tertiary/aromatic N) is 3. The fourth-order valence-electron chi connectivity index (χ4n) is 3.90. The standard InChI is InChI=1S/C19H22N4O2/c24-18-19(7-10-23(14-19)12-16-5-1-3-8-20-16)15(11-22-18)13-25-17-6-2-4-9-21-17/h1-6,8-9,15H,7,10-14H2,(H,22,24)/t15-,19-/m0/s1. The second kappa shape index (κ2) is 6.80. The van der Waals surface area contributed by atoms with Crippen molar-refractivity contribution in [2.24, 2.45) is 11.3 Å². The van der Waals surface area contributed by atoms with Crippen molar-refractivity contribution in [3.05, 3.63) is 54.5 Å². The summed E-state index contributed by atoms with van der Waals surface area (Å²) in [5, 5.41) is 3.04. The summed E-state index contributed by atoms with van der Waals surface area (Å²) < 4.78 is 5.84. The molecule has 4 rings (SSSR count). The lowest BCUT2D eigenvalue weighted by molar-refractivity contribution is -0.128. The molecule has 4 heterocycles. The lowest BCUT2D eigenvalue weighted by Gasteiger charge is -2.28. The van der Waals surface area contributed by atoms with Crippen LogP contribution in [-0.2, 0) is 11.3 Å². The molecule has 2 aliphatic heterocycles. The van der Waals surface area contributed by atoms with Gasteiger partial charge in [-0.05, 0) is 31.2 Å². The van der Waals surface area contributed by atoms with E-state index in [-0.39, 0.29) is 17.2 Å². The van der Waals surface area contributed by atoms with E-state index in [1.54, 1.807) is 6.20 Å². The van der Waals surface area contributed by atoms with Crippen LogP contribution < -0.4 is 10.1 Å². The molecule has 2 saturated heterocycles. The van der Waals surface area contributed by atoms with Crippen LogP contribution in [0.3, 0.4) is 0 Å². The van der Waals surface area contributed by atoms with Gasteiger partial charge in [0.25, 0.3) is 0 Å². The lowest BCUT2D eigenvalue weighted by Crippen LogP contribution is -2.40. The Morgan fingerprint density at radius 2 is 2.04 bits per heavy atom. The molecule has 6 nitrogen and oxygen atoms in total. The SMILES string of the molecule is O=C1NC[C@@H](COc2ccccn2)[C@@]12CCN(Cc1ccccn1)C2. The van der Waals surface area contributed by atoms with Gasteiger partial charge in [-0.2, -0.15) is 0 Å². The van der Waals surface area contributed by atoms with E-state index in [2.05, 4.69) is 20.2 Å². The van der Waals surface area contributed by atoms with Gasteiger partial charge in [-0.25, -0.2) is 4.98 Å². The fourth-order valence-corrected chi connectivity index (χ4v) is 3.90. The Morgan fingerprint density at radius 1 is 1.20 bits per heavy atom. The molecule has 6 heteroatoms. The molecule has 0 unspecified atom stereocenters. The first-order valence-electron chi connectivity index (χ1n) is 8.71. The molecule has 0 aromatic carbocycles. The van der Waals surface area contributed by atoms with E-state index in [0.717, 1.165) is 31.7 Å². The van der Waals surface area contributed by atoms with Gasteiger partial charge in [0.2, 0.25) is 11.8 Å². The number of pyridine rings is 2. The molecule has 0 aliphatic carbocycles. The van der Waals surface area contributed by atoms with Crippen LogP contribution in [-0.4, -0.2) is 47.0 Å². The van der Waals surface area contributed by atoms with Crippen LogP contribution in [0.4, 0.5) is 0 Å². The molecule has 1 N–H and O–H groups in total. The maximum absolute atomic E-state index is 12.6. The number of hydrogen-bond acceptors (Lipinski definition) is 5. The van der Waals surface area contributed by atoms with Crippen molar-refractivity contribution >= 4 is 5.91 Å². The van der Waals surface area contributed by atoms with Crippen molar-refractivity contribution in [3.8, 4) is 5.88 Å². The summed E-state index contributed by atoms with van der Waals surface area (Å²) in [5.74, 6) is 0.932. The molecule has 1 amide bonds. The first-order chi connectivity index (χ1) is 12.3. The van der Waals surface area contributed by atoms with E-state index in [4.69, 9.17) is 4.74 Å². The Balaban J connectivity index is 1.42. The highest BCUT2D eigenvalue weighted by atomic mass is 16.5. The van der Waals surface area contributed by atoms with Crippen LogP contribution in [0.15, 0.2) is 48.8 Å². The minimum atomic E-state index is -0.358. The van der Waals surface area contributed by atoms with Crippen molar-refractivity contribution in [2.45, 2.75) is 13.0 Å². The van der Waals surface area contributed by atoms with Crippen LogP contribution >= 0.6 is 0 Å².